The molecule has 1 aliphatic rings. The highest BCUT2D eigenvalue weighted by Gasteiger charge is 2.29. The van der Waals surface area contributed by atoms with E-state index in [1.54, 1.807) is 24.3 Å². The van der Waals surface area contributed by atoms with Crippen molar-refractivity contribution in [2.24, 2.45) is 0 Å². The normalized spacial score (nSPS) is 16.0. The monoisotopic (exact) mass is 429 g/mol. The highest BCUT2D eigenvalue weighted by atomic mass is 16.5. The van der Waals surface area contributed by atoms with Crippen LogP contribution < -0.4 is 0 Å². The van der Waals surface area contributed by atoms with Gasteiger partial charge in [0.1, 0.15) is 5.82 Å². The van der Waals surface area contributed by atoms with Crippen LogP contribution in [0, 0.1) is 13.8 Å². The van der Waals surface area contributed by atoms with E-state index in [1.165, 1.54) is 12.7 Å². The molecule has 0 radical (unpaired) electrons. The highest BCUT2D eigenvalue weighted by molar-refractivity contribution is 5.98. The number of carbonyl (C=O) groups is 2. The first-order chi connectivity index (χ1) is 15.5. The number of hydrogen-bond donors (Lipinski definition) is 0. The van der Waals surface area contributed by atoms with E-state index >= 15 is 0 Å². The maximum atomic E-state index is 13.2. The van der Waals surface area contributed by atoms with E-state index in [-0.39, 0.29) is 11.8 Å². The van der Waals surface area contributed by atoms with E-state index in [1.807, 2.05) is 24.1 Å². The molecule has 1 aliphatic heterocycles. The molecule has 1 fully saturated rings. The van der Waals surface area contributed by atoms with Gasteiger partial charge in [0, 0.05) is 36.3 Å². The van der Waals surface area contributed by atoms with Crippen LogP contribution in [0.15, 0.2) is 54.7 Å². The van der Waals surface area contributed by atoms with Crippen molar-refractivity contribution in [2.45, 2.75) is 32.6 Å². The van der Waals surface area contributed by atoms with Crippen molar-refractivity contribution in [3.05, 3.63) is 82.9 Å². The summed E-state index contributed by atoms with van der Waals surface area (Å²) in [7, 11) is 1.33. The minimum atomic E-state index is -0.449. The Balaban J connectivity index is 1.62. The summed E-state index contributed by atoms with van der Waals surface area (Å²) in [6.45, 7) is 5.23. The van der Waals surface area contributed by atoms with Crippen LogP contribution in [0.5, 0.6) is 0 Å². The number of nitrogens with zero attached hydrogens (tertiary/aromatic N) is 3. The Morgan fingerprint density at radius 2 is 1.84 bits per heavy atom. The summed E-state index contributed by atoms with van der Waals surface area (Å²) in [5, 5.41) is 0. The van der Waals surface area contributed by atoms with E-state index in [2.05, 4.69) is 30.1 Å². The number of aryl methyl sites for hydroxylation is 2. The predicted octanol–water partition coefficient (Wildman–Crippen LogP) is 4.57. The van der Waals surface area contributed by atoms with Gasteiger partial charge in [-0.3, -0.25) is 4.79 Å². The number of likely N-dealkylation sites (tertiary alicyclic amines) is 1. The Kier molecular flexibility index (Phi) is 6.30. The molecule has 2 aromatic carbocycles. The second-order valence-corrected chi connectivity index (χ2v) is 8.25. The molecule has 1 amide bonds. The fourth-order valence-corrected chi connectivity index (χ4v) is 4.30. The molecule has 0 bridgehead atoms. The van der Waals surface area contributed by atoms with Crippen molar-refractivity contribution in [3.63, 3.8) is 0 Å². The smallest absolute Gasteiger partial charge is 0.337 e. The van der Waals surface area contributed by atoms with Crippen LogP contribution in [0.4, 0.5) is 0 Å². The van der Waals surface area contributed by atoms with Gasteiger partial charge in [-0.2, -0.15) is 0 Å². The Bertz CT molecular complexity index is 1160. The lowest BCUT2D eigenvalue weighted by molar-refractivity contribution is 0.0600. The third-order valence-electron chi connectivity index (χ3n) is 5.89. The van der Waals surface area contributed by atoms with Crippen LogP contribution >= 0.6 is 0 Å². The summed E-state index contributed by atoms with van der Waals surface area (Å²) < 4.78 is 4.79. The molecule has 0 aliphatic carbocycles. The lowest BCUT2D eigenvalue weighted by Crippen LogP contribution is -2.39. The van der Waals surface area contributed by atoms with Crippen molar-refractivity contribution in [1.29, 1.82) is 0 Å². The predicted molar refractivity (Wildman–Crippen MR) is 123 cm³/mol. The minimum Gasteiger partial charge on any atom is -0.465 e. The molecule has 3 aromatic rings. The number of benzene rings is 2. The van der Waals surface area contributed by atoms with Crippen molar-refractivity contribution < 1.29 is 14.3 Å². The third-order valence-corrected chi connectivity index (χ3v) is 5.89. The molecule has 6 nitrogen and oxygen atoms in total. The fraction of sp³-hybridized carbons (Fsp3) is 0.308. The molecular weight excluding hydrogens is 402 g/mol. The van der Waals surface area contributed by atoms with Gasteiger partial charge < -0.3 is 9.64 Å². The molecule has 6 heteroatoms. The Hall–Kier alpha value is -3.54. The van der Waals surface area contributed by atoms with Crippen LogP contribution in [0.1, 0.15) is 56.6 Å². The molecule has 0 spiro atoms. The van der Waals surface area contributed by atoms with Gasteiger partial charge in [0.2, 0.25) is 0 Å². The van der Waals surface area contributed by atoms with Gasteiger partial charge in [0.05, 0.1) is 18.4 Å². The topological polar surface area (TPSA) is 72.4 Å². The number of esters is 1. The molecule has 2 heterocycles. The van der Waals surface area contributed by atoms with Gasteiger partial charge in [-0.25, -0.2) is 14.8 Å². The Labute approximate surface area is 188 Å². The number of aromatic nitrogens is 2. The molecule has 164 valence electrons. The first kappa shape index (κ1) is 21.7. The van der Waals surface area contributed by atoms with E-state index in [0.29, 0.717) is 24.2 Å². The van der Waals surface area contributed by atoms with Gasteiger partial charge in [-0.15, -0.1) is 0 Å². The second-order valence-electron chi connectivity index (χ2n) is 8.25. The van der Waals surface area contributed by atoms with E-state index in [4.69, 9.17) is 9.72 Å². The van der Waals surface area contributed by atoms with E-state index < -0.39 is 5.97 Å². The molecule has 0 N–H and O–H groups in total. The number of rotatable bonds is 4. The number of piperidine rings is 1. The maximum Gasteiger partial charge on any atom is 0.337 e. The molecule has 0 unspecified atom stereocenters. The summed E-state index contributed by atoms with van der Waals surface area (Å²) in [5.74, 6) is 0.318. The molecule has 4 rings (SSSR count). The molecule has 1 saturated heterocycles. The third kappa shape index (κ3) is 4.54. The minimum absolute atomic E-state index is 0.0802. The van der Waals surface area contributed by atoms with Crippen LogP contribution in [0.25, 0.3) is 11.1 Å². The number of carbonyl (C=O) groups excluding carboxylic acids is 2. The zero-order chi connectivity index (χ0) is 22.7. The van der Waals surface area contributed by atoms with Gasteiger partial charge in [-0.05, 0) is 50.5 Å². The maximum absolute atomic E-state index is 13.2. The van der Waals surface area contributed by atoms with Gasteiger partial charge in [0.15, 0.2) is 0 Å². The van der Waals surface area contributed by atoms with Crippen LogP contribution in [-0.2, 0) is 4.74 Å². The molecule has 0 saturated carbocycles. The summed E-state index contributed by atoms with van der Waals surface area (Å²) in [6, 6.07) is 15.0. The SMILES string of the molecule is COC(=O)c1cccc(C(=O)N2CCC[C@H](c3nc(C)ncc3-c3cccc(C)c3)C2)c1. The standard InChI is InChI=1S/C26H27N3O3/c1-17-7-4-8-19(13-17)23-15-27-18(2)28-24(23)22-11-6-12-29(16-22)25(30)20-9-5-10-21(14-20)26(31)32-3/h4-5,7-10,13-15,22H,6,11-12,16H2,1-3H3/t22-/m0/s1. The lowest BCUT2D eigenvalue weighted by Gasteiger charge is -2.33. The second kappa shape index (κ2) is 9.30. The van der Waals surface area contributed by atoms with Crippen LogP contribution in [0.3, 0.4) is 0 Å². The average molecular weight is 430 g/mol. The quantitative estimate of drug-likeness (QED) is 0.568. The largest absolute Gasteiger partial charge is 0.465 e. The first-order valence-electron chi connectivity index (χ1n) is 10.8. The van der Waals surface area contributed by atoms with E-state index in [0.717, 1.165) is 35.5 Å². The number of ether oxygens (including phenoxy) is 1. The molecule has 1 aromatic heterocycles. The lowest BCUT2D eigenvalue weighted by atomic mass is 9.89. The van der Waals surface area contributed by atoms with Gasteiger partial charge >= 0.3 is 5.97 Å². The summed E-state index contributed by atoms with van der Waals surface area (Å²) in [4.78, 5) is 36.2. The first-order valence-corrected chi connectivity index (χ1v) is 10.8. The molecule has 1 atom stereocenters. The average Bonchev–Trinajstić information content (AvgIpc) is 2.83. The Morgan fingerprint density at radius 1 is 1.06 bits per heavy atom. The summed E-state index contributed by atoms with van der Waals surface area (Å²) in [5.41, 5.74) is 5.15. The number of amides is 1. The van der Waals surface area contributed by atoms with Crippen LogP contribution in [-0.4, -0.2) is 46.9 Å². The van der Waals surface area contributed by atoms with Crippen molar-refractivity contribution in [2.75, 3.05) is 20.2 Å². The fourth-order valence-electron chi connectivity index (χ4n) is 4.30. The number of methoxy groups -OCH3 is 1. The number of hydrogen-bond acceptors (Lipinski definition) is 5. The zero-order valence-corrected chi connectivity index (χ0v) is 18.7. The van der Waals surface area contributed by atoms with Crippen molar-refractivity contribution in [3.8, 4) is 11.1 Å². The van der Waals surface area contributed by atoms with Gasteiger partial charge in [0.25, 0.3) is 5.91 Å². The summed E-state index contributed by atoms with van der Waals surface area (Å²) >= 11 is 0. The molecule has 32 heavy (non-hydrogen) atoms. The van der Waals surface area contributed by atoms with Crippen molar-refractivity contribution in [1.82, 2.24) is 14.9 Å². The Morgan fingerprint density at radius 3 is 2.62 bits per heavy atom. The summed E-state index contributed by atoms with van der Waals surface area (Å²) in [6.07, 6.45) is 3.75. The van der Waals surface area contributed by atoms with Crippen molar-refractivity contribution >= 4 is 11.9 Å². The highest BCUT2D eigenvalue weighted by Crippen LogP contribution is 2.33. The zero-order valence-electron chi connectivity index (χ0n) is 18.7. The van der Waals surface area contributed by atoms with Gasteiger partial charge in [-0.1, -0.05) is 35.9 Å². The van der Waals surface area contributed by atoms with Crippen LogP contribution in [0.2, 0.25) is 0 Å². The molecular formula is C26H27N3O3. The van der Waals surface area contributed by atoms with E-state index in [9.17, 15) is 9.59 Å².